The van der Waals surface area contributed by atoms with Gasteiger partial charge in [0, 0.05) is 33.3 Å². The lowest BCUT2D eigenvalue weighted by Gasteiger charge is -2.27. The largest absolute Gasteiger partial charge is 0.380 e. The Morgan fingerprint density at radius 3 is 2.84 bits per heavy atom. The van der Waals surface area contributed by atoms with Crippen molar-refractivity contribution in [2.75, 3.05) is 18.5 Å². The Morgan fingerprint density at radius 2 is 2.00 bits per heavy atom. The van der Waals surface area contributed by atoms with Crippen molar-refractivity contribution in [1.29, 1.82) is 0 Å². The number of hydrogen-bond acceptors (Lipinski definition) is 5. The van der Waals surface area contributed by atoms with Gasteiger partial charge in [-0.25, -0.2) is 4.98 Å². The Bertz CT molecular complexity index is 1090. The van der Waals surface area contributed by atoms with E-state index in [-0.39, 0.29) is 0 Å². The van der Waals surface area contributed by atoms with Crippen molar-refractivity contribution in [3.63, 3.8) is 0 Å². The van der Waals surface area contributed by atoms with Crippen LogP contribution in [0, 0.1) is 0 Å². The number of ether oxygens (including phenoxy) is 1. The highest BCUT2D eigenvalue weighted by Gasteiger charge is 2.23. The maximum Gasteiger partial charge on any atom is 0.0832 e. The second-order valence-corrected chi connectivity index (χ2v) is 7.88. The van der Waals surface area contributed by atoms with Gasteiger partial charge < -0.3 is 10.1 Å². The summed E-state index contributed by atoms with van der Waals surface area (Å²) in [4.78, 5) is 8.95. The first-order valence-corrected chi connectivity index (χ1v) is 9.71. The average Bonchev–Trinajstić information content (AvgIpc) is 3.02. The highest BCUT2D eigenvalue weighted by molar-refractivity contribution is 9.10. The maximum absolute atomic E-state index is 5.33. The van der Waals surface area contributed by atoms with Gasteiger partial charge in [-0.3, -0.25) is 4.98 Å². The first kappa shape index (κ1) is 15.3. The van der Waals surface area contributed by atoms with Crippen LogP contribution in [0.3, 0.4) is 0 Å². The van der Waals surface area contributed by atoms with E-state index in [0.717, 1.165) is 45.5 Å². The van der Waals surface area contributed by atoms with E-state index in [2.05, 4.69) is 61.5 Å². The molecule has 1 N–H and O–H groups in total. The number of anilines is 2. The van der Waals surface area contributed by atoms with Gasteiger partial charge in [0.15, 0.2) is 0 Å². The van der Waals surface area contributed by atoms with Crippen molar-refractivity contribution < 1.29 is 4.74 Å². The fraction of sp³-hybridized carbons (Fsp3) is 0.158. The minimum absolute atomic E-state index is 0.462. The van der Waals surface area contributed by atoms with E-state index in [4.69, 9.17) is 4.74 Å². The highest BCUT2D eigenvalue weighted by Crippen LogP contribution is 2.36. The number of thiazole rings is 1. The predicted molar refractivity (Wildman–Crippen MR) is 106 cm³/mol. The molecule has 124 valence electrons. The molecule has 0 unspecified atom stereocenters. The van der Waals surface area contributed by atoms with Crippen LogP contribution in [0.2, 0.25) is 0 Å². The van der Waals surface area contributed by atoms with Gasteiger partial charge in [-0.2, -0.15) is 0 Å². The molecule has 0 bridgehead atoms. The molecule has 0 spiro atoms. The monoisotopic (exact) mass is 411 g/mol. The van der Waals surface area contributed by atoms with E-state index in [1.54, 1.807) is 11.3 Å². The molecule has 4 nitrogen and oxygen atoms in total. The number of pyridine rings is 1. The lowest BCUT2D eigenvalue weighted by atomic mass is 9.96. The summed E-state index contributed by atoms with van der Waals surface area (Å²) in [5.41, 5.74) is 7.22. The number of hydrogen-bond donors (Lipinski definition) is 1. The third-order valence-electron chi connectivity index (χ3n) is 4.55. The number of halogens is 1. The lowest BCUT2D eigenvalue weighted by Crippen LogP contribution is -2.25. The first-order chi connectivity index (χ1) is 12.3. The Kier molecular flexibility index (Phi) is 3.69. The van der Waals surface area contributed by atoms with E-state index in [1.165, 1.54) is 10.3 Å². The molecule has 0 saturated carbocycles. The summed E-state index contributed by atoms with van der Waals surface area (Å²) in [6, 6.07) is 12.6. The summed E-state index contributed by atoms with van der Waals surface area (Å²) >= 11 is 5.37. The van der Waals surface area contributed by atoms with Gasteiger partial charge in [-0.05, 0) is 42.0 Å². The second kappa shape index (κ2) is 6.05. The van der Waals surface area contributed by atoms with Gasteiger partial charge in [0.2, 0.25) is 0 Å². The molecule has 6 heteroatoms. The zero-order valence-electron chi connectivity index (χ0n) is 13.2. The summed E-state index contributed by atoms with van der Waals surface area (Å²) < 4.78 is 7.63. The molecule has 1 aliphatic heterocycles. The van der Waals surface area contributed by atoms with Gasteiger partial charge in [0.25, 0.3) is 0 Å². The molecule has 0 atom stereocenters. The number of nitrogens with zero attached hydrogens (tertiary/aromatic N) is 2. The molecule has 5 rings (SSSR count). The van der Waals surface area contributed by atoms with Crippen LogP contribution in [0.5, 0.6) is 0 Å². The molecule has 4 aromatic rings. The van der Waals surface area contributed by atoms with Gasteiger partial charge in [0.1, 0.15) is 0 Å². The van der Waals surface area contributed by atoms with Crippen molar-refractivity contribution in [2.24, 2.45) is 0 Å². The van der Waals surface area contributed by atoms with Gasteiger partial charge in [-0.1, -0.05) is 15.9 Å². The first-order valence-electron chi connectivity index (χ1n) is 8.04. The standard InChI is InChI=1S/C19H14BrN3OS/c20-15-6-14-16(23-12-1-2-19-18(5-12)22-10-25-19)3-4-21-17(14)7-13(15)11-8-24-9-11/h1-7,10-11H,8-9H2,(H,21,23). The van der Waals surface area contributed by atoms with Crippen LogP contribution in [-0.4, -0.2) is 23.2 Å². The maximum atomic E-state index is 5.33. The number of fused-ring (bicyclic) bond motifs is 2. The van der Waals surface area contributed by atoms with E-state index < -0.39 is 0 Å². The number of nitrogens with one attached hydrogen (secondary N) is 1. The Morgan fingerprint density at radius 1 is 1.08 bits per heavy atom. The molecule has 0 radical (unpaired) electrons. The van der Waals surface area contributed by atoms with Crippen molar-refractivity contribution in [3.05, 3.63) is 58.1 Å². The highest BCUT2D eigenvalue weighted by atomic mass is 79.9. The Hall–Kier alpha value is -2.02. The molecule has 0 aliphatic carbocycles. The molecule has 1 aliphatic rings. The minimum atomic E-state index is 0.462. The van der Waals surface area contributed by atoms with Gasteiger partial charge >= 0.3 is 0 Å². The Labute approximate surface area is 157 Å². The minimum Gasteiger partial charge on any atom is -0.380 e. The van der Waals surface area contributed by atoms with Crippen LogP contribution >= 0.6 is 27.3 Å². The zero-order valence-corrected chi connectivity index (χ0v) is 15.6. The summed E-state index contributed by atoms with van der Waals surface area (Å²) in [5, 5.41) is 4.61. The van der Waals surface area contributed by atoms with Crippen LogP contribution in [0.4, 0.5) is 11.4 Å². The summed E-state index contributed by atoms with van der Waals surface area (Å²) in [6.07, 6.45) is 1.85. The zero-order chi connectivity index (χ0) is 16.8. The van der Waals surface area contributed by atoms with E-state index in [9.17, 15) is 0 Å². The van der Waals surface area contributed by atoms with Crippen molar-refractivity contribution in [1.82, 2.24) is 9.97 Å². The predicted octanol–water partition coefficient (Wildman–Crippen LogP) is 5.46. The molecular formula is C19H14BrN3OS. The molecule has 2 aromatic heterocycles. The Balaban J connectivity index is 1.57. The quantitative estimate of drug-likeness (QED) is 0.485. The SMILES string of the molecule is Brc1cc2c(Nc3ccc4scnc4c3)ccnc2cc1C1COC1. The number of aromatic nitrogens is 2. The van der Waals surface area contributed by atoms with Crippen LogP contribution in [0.15, 0.2) is 52.6 Å². The number of rotatable bonds is 3. The molecule has 1 fully saturated rings. The van der Waals surface area contributed by atoms with Crippen molar-refractivity contribution in [3.8, 4) is 0 Å². The topological polar surface area (TPSA) is 47.0 Å². The van der Waals surface area contributed by atoms with Gasteiger partial charge in [-0.15, -0.1) is 11.3 Å². The fourth-order valence-electron chi connectivity index (χ4n) is 3.11. The third kappa shape index (κ3) is 2.70. The van der Waals surface area contributed by atoms with Crippen LogP contribution < -0.4 is 5.32 Å². The second-order valence-electron chi connectivity index (χ2n) is 6.14. The van der Waals surface area contributed by atoms with Crippen LogP contribution in [-0.2, 0) is 4.74 Å². The molecule has 25 heavy (non-hydrogen) atoms. The number of benzene rings is 2. The molecule has 3 heterocycles. The molecule has 1 saturated heterocycles. The average molecular weight is 412 g/mol. The van der Waals surface area contributed by atoms with Crippen LogP contribution in [0.1, 0.15) is 11.5 Å². The van der Waals surface area contributed by atoms with Crippen LogP contribution in [0.25, 0.3) is 21.1 Å². The molecular weight excluding hydrogens is 398 g/mol. The van der Waals surface area contributed by atoms with Crippen molar-refractivity contribution in [2.45, 2.75) is 5.92 Å². The lowest BCUT2D eigenvalue weighted by molar-refractivity contribution is 0.00819. The molecule has 0 amide bonds. The molecule has 2 aromatic carbocycles. The summed E-state index contributed by atoms with van der Waals surface area (Å²) in [7, 11) is 0. The van der Waals surface area contributed by atoms with E-state index >= 15 is 0 Å². The normalized spacial score (nSPS) is 14.8. The smallest absolute Gasteiger partial charge is 0.0832 e. The van der Waals surface area contributed by atoms with E-state index in [0.29, 0.717) is 5.92 Å². The third-order valence-corrected chi connectivity index (χ3v) is 6.04. The fourth-order valence-corrected chi connectivity index (χ4v) is 4.44. The van der Waals surface area contributed by atoms with Crippen molar-refractivity contribution >= 4 is 59.8 Å². The summed E-state index contributed by atoms with van der Waals surface area (Å²) in [5.74, 6) is 0.462. The van der Waals surface area contributed by atoms with E-state index in [1.807, 2.05) is 17.8 Å². The van der Waals surface area contributed by atoms with Gasteiger partial charge in [0.05, 0.1) is 34.5 Å². The summed E-state index contributed by atoms with van der Waals surface area (Å²) in [6.45, 7) is 1.57.